The number of hydrogen-bond donors (Lipinski definition) is 1. The molecule has 7 nitrogen and oxygen atoms in total. The number of halogens is 1. The molecule has 1 amide bonds. The number of carbonyl (C=O) groups excluding carboxylic acids is 1. The molecular weight excluding hydrogens is 333 g/mol. The molecule has 0 radical (unpaired) electrons. The van der Waals surface area contributed by atoms with Crippen LogP contribution in [0.4, 0.5) is 4.39 Å². The zero-order valence-corrected chi connectivity index (χ0v) is 14.1. The summed E-state index contributed by atoms with van der Waals surface area (Å²) in [6, 6.07) is 2.81. The Hall–Kier alpha value is -2.29. The summed E-state index contributed by atoms with van der Waals surface area (Å²) in [4.78, 5) is 18.9. The van der Waals surface area contributed by atoms with Gasteiger partial charge in [0.2, 0.25) is 11.9 Å². The van der Waals surface area contributed by atoms with E-state index in [1.54, 1.807) is 17.9 Å². The molecule has 1 aromatic heterocycles. The summed E-state index contributed by atoms with van der Waals surface area (Å²) >= 11 is 5.35. The van der Waals surface area contributed by atoms with Gasteiger partial charge in [0, 0.05) is 39.5 Å². The van der Waals surface area contributed by atoms with Gasteiger partial charge in [-0.1, -0.05) is 0 Å². The zero-order chi connectivity index (χ0) is 17.1. The van der Waals surface area contributed by atoms with Gasteiger partial charge < -0.3 is 14.5 Å². The Morgan fingerprint density at radius 2 is 2.04 bits per heavy atom. The van der Waals surface area contributed by atoms with Crippen LogP contribution in [0.3, 0.4) is 0 Å². The summed E-state index contributed by atoms with van der Waals surface area (Å²) in [6.45, 7) is 4.61. The number of carbonyl (C=O) groups is 1. The Balaban J connectivity index is 1.64. The third-order valence-corrected chi connectivity index (χ3v) is 4.34. The minimum atomic E-state index is -0.574. The molecule has 2 aliphatic heterocycles. The first kappa shape index (κ1) is 16.6. The van der Waals surface area contributed by atoms with Crippen LogP contribution in [-0.2, 0) is 4.79 Å². The van der Waals surface area contributed by atoms with Gasteiger partial charge >= 0.3 is 0 Å². The van der Waals surface area contributed by atoms with E-state index in [1.807, 2.05) is 4.90 Å². The van der Waals surface area contributed by atoms with Crippen molar-refractivity contribution in [2.45, 2.75) is 13.3 Å². The Morgan fingerprint density at radius 1 is 1.33 bits per heavy atom. The Kier molecular flexibility index (Phi) is 4.89. The number of nitrogens with one attached hydrogen (secondary N) is 1. The molecule has 9 heteroatoms. The second kappa shape index (κ2) is 7.08. The zero-order valence-electron chi connectivity index (χ0n) is 13.3. The van der Waals surface area contributed by atoms with Gasteiger partial charge in [-0.2, -0.15) is 9.49 Å². The van der Waals surface area contributed by atoms with Crippen LogP contribution in [-0.4, -0.2) is 64.3 Å². The average molecular weight is 351 g/mol. The van der Waals surface area contributed by atoms with Gasteiger partial charge in [-0.25, -0.2) is 4.98 Å². The van der Waals surface area contributed by atoms with Gasteiger partial charge in [0.1, 0.15) is 11.4 Å². The number of aromatic nitrogens is 1. The molecule has 3 rings (SSSR count). The maximum atomic E-state index is 13.4. The van der Waals surface area contributed by atoms with E-state index in [0.29, 0.717) is 61.5 Å². The molecular formula is C15H18FN5O2S. The lowest BCUT2D eigenvalue weighted by Crippen LogP contribution is -2.52. The normalized spacial score (nSPS) is 18.8. The fourth-order valence-electron chi connectivity index (χ4n) is 2.64. The summed E-state index contributed by atoms with van der Waals surface area (Å²) in [5.74, 6) is 0.0137. The topological polar surface area (TPSA) is 70.1 Å². The predicted molar refractivity (Wildman–Crippen MR) is 90.4 cm³/mol. The molecule has 1 aromatic rings. The summed E-state index contributed by atoms with van der Waals surface area (Å²) in [6.07, 6.45) is 0.525. The van der Waals surface area contributed by atoms with E-state index in [9.17, 15) is 9.18 Å². The molecule has 24 heavy (non-hydrogen) atoms. The number of hydrazone groups is 1. The van der Waals surface area contributed by atoms with Crippen molar-refractivity contribution in [3.8, 4) is 5.75 Å². The molecule has 0 bridgehead atoms. The summed E-state index contributed by atoms with van der Waals surface area (Å²) in [5.41, 5.74) is 3.86. The third-order valence-electron chi connectivity index (χ3n) is 3.99. The lowest BCUT2D eigenvalue weighted by molar-refractivity contribution is -0.130. The number of thiocarbonyl (C=S) groups is 1. The molecule has 1 saturated heterocycles. The Bertz CT molecular complexity index is 688. The van der Waals surface area contributed by atoms with Gasteiger partial charge in [-0.05, 0) is 24.4 Å². The monoisotopic (exact) mass is 351 g/mol. The van der Waals surface area contributed by atoms with Crippen LogP contribution in [0.5, 0.6) is 5.75 Å². The molecule has 128 valence electrons. The van der Waals surface area contributed by atoms with Crippen LogP contribution in [0.2, 0.25) is 0 Å². The van der Waals surface area contributed by atoms with Crippen molar-refractivity contribution in [3.05, 3.63) is 23.8 Å². The number of fused-ring (bicyclic) bond motifs is 1. The van der Waals surface area contributed by atoms with Gasteiger partial charge in [-0.15, -0.1) is 0 Å². The molecule has 0 aliphatic carbocycles. The fraction of sp³-hybridized carbons (Fsp3) is 0.467. The highest BCUT2D eigenvalue weighted by atomic mass is 32.1. The highest BCUT2D eigenvalue weighted by molar-refractivity contribution is 7.80. The lowest BCUT2D eigenvalue weighted by Gasteiger charge is -2.35. The van der Waals surface area contributed by atoms with E-state index < -0.39 is 5.95 Å². The highest BCUT2D eigenvalue weighted by Crippen LogP contribution is 2.23. The lowest BCUT2D eigenvalue weighted by atomic mass is 10.1. The first-order valence-electron chi connectivity index (χ1n) is 7.71. The summed E-state index contributed by atoms with van der Waals surface area (Å²) < 4.78 is 18.8. The molecule has 0 saturated carbocycles. The van der Waals surface area contributed by atoms with Crippen LogP contribution in [0.15, 0.2) is 17.2 Å². The van der Waals surface area contributed by atoms with Crippen molar-refractivity contribution in [2.24, 2.45) is 5.10 Å². The third kappa shape index (κ3) is 3.61. The molecule has 1 fully saturated rings. The van der Waals surface area contributed by atoms with Crippen LogP contribution >= 0.6 is 12.2 Å². The second-order valence-corrected chi connectivity index (χ2v) is 5.93. The van der Waals surface area contributed by atoms with Crippen molar-refractivity contribution >= 4 is 28.9 Å². The molecule has 1 N–H and O–H groups in total. The van der Waals surface area contributed by atoms with E-state index in [2.05, 4.69) is 15.5 Å². The van der Waals surface area contributed by atoms with E-state index in [0.717, 1.165) is 0 Å². The van der Waals surface area contributed by atoms with E-state index in [1.165, 1.54) is 6.07 Å². The number of nitrogens with zero attached hydrogens (tertiary/aromatic N) is 4. The predicted octanol–water partition coefficient (Wildman–Crippen LogP) is 0.746. The highest BCUT2D eigenvalue weighted by Gasteiger charge is 2.22. The van der Waals surface area contributed by atoms with Gasteiger partial charge in [0.25, 0.3) is 0 Å². The van der Waals surface area contributed by atoms with Gasteiger partial charge in [0.15, 0.2) is 5.11 Å². The van der Waals surface area contributed by atoms with Crippen molar-refractivity contribution in [1.29, 1.82) is 0 Å². The molecule has 0 atom stereocenters. The largest absolute Gasteiger partial charge is 0.491 e. The van der Waals surface area contributed by atoms with Crippen LogP contribution < -0.4 is 10.2 Å². The van der Waals surface area contributed by atoms with Crippen LogP contribution in [0.25, 0.3) is 0 Å². The van der Waals surface area contributed by atoms with Crippen LogP contribution in [0.1, 0.15) is 19.0 Å². The van der Waals surface area contributed by atoms with Crippen molar-refractivity contribution in [2.75, 3.05) is 32.8 Å². The first-order valence-corrected chi connectivity index (χ1v) is 8.12. The molecule has 2 aliphatic rings. The van der Waals surface area contributed by atoms with Crippen LogP contribution in [0, 0.1) is 5.95 Å². The molecule has 0 aromatic carbocycles. The minimum Gasteiger partial charge on any atom is -0.491 e. The average Bonchev–Trinajstić information content (AvgIpc) is 2.59. The molecule has 3 heterocycles. The minimum absolute atomic E-state index is 0.0701. The fourth-order valence-corrected chi connectivity index (χ4v) is 2.87. The standard InChI is InChI=1S/C15H18FN5O2S/c1-10(22)20-5-7-21(8-6-20)15(24)19-18-11-4-9-23-12-2-3-13(16)17-14(11)12/h2-3H,4-9H2,1H3,(H,19,24)/b18-11-. The van der Waals surface area contributed by atoms with Crippen molar-refractivity contribution in [3.63, 3.8) is 0 Å². The maximum Gasteiger partial charge on any atom is 0.219 e. The van der Waals surface area contributed by atoms with Gasteiger partial charge in [-0.3, -0.25) is 10.2 Å². The quantitative estimate of drug-likeness (QED) is 0.457. The number of rotatable bonds is 1. The SMILES string of the molecule is CC(=O)N1CCN(C(=S)N/N=C2/CCOc3ccc(F)nc32)CC1. The van der Waals surface area contributed by atoms with Gasteiger partial charge in [0.05, 0.1) is 12.3 Å². The first-order chi connectivity index (χ1) is 11.5. The Morgan fingerprint density at radius 3 is 2.75 bits per heavy atom. The molecule has 0 spiro atoms. The summed E-state index contributed by atoms with van der Waals surface area (Å²) in [7, 11) is 0. The number of piperazine rings is 1. The van der Waals surface area contributed by atoms with E-state index in [-0.39, 0.29) is 5.91 Å². The van der Waals surface area contributed by atoms with E-state index >= 15 is 0 Å². The smallest absolute Gasteiger partial charge is 0.219 e. The van der Waals surface area contributed by atoms with Crippen molar-refractivity contribution in [1.82, 2.24) is 20.2 Å². The van der Waals surface area contributed by atoms with E-state index in [4.69, 9.17) is 17.0 Å². The second-order valence-electron chi connectivity index (χ2n) is 5.55. The van der Waals surface area contributed by atoms with Crippen molar-refractivity contribution < 1.29 is 13.9 Å². The number of pyridine rings is 1. The maximum absolute atomic E-state index is 13.4. The summed E-state index contributed by atoms with van der Waals surface area (Å²) in [5, 5.41) is 4.77. The number of ether oxygens (including phenoxy) is 1. The molecule has 0 unspecified atom stereocenters. The number of amides is 1. The number of hydrogen-bond acceptors (Lipinski definition) is 5. The Labute approximate surface area is 144 Å².